The number of nitrogens with one attached hydrogen (secondary N) is 1. The lowest BCUT2D eigenvalue weighted by molar-refractivity contribution is -0.384. The van der Waals surface area contributed by atoms with Crippen LogP contribution >= 0.6 is 0 Å². The molecule has 1 aromatic carbocycles. The van der Waals surface area contributed by atoms with E-state index in [0.29, 0.717) is 23.4 Å². The third-order valence-corrected chi connectivity index (χ3v) is 4.38. The Kier molecular flexibility index (Phi) is 3.48. The summed E-state index contributed by atoms with van der Waals surface area (Å²) in [5.74, 6) is 1.26. The van der Waals surface area contributed by atoms with Crippen molar-refractivity contribution in [3.8, 4) is 5.75 Å². The Bertz CT molecular complexity index is 520. The second-order valence-corrected chi connectivity index (χ2v) is 5.46. The predicted octanol–water partition coefficient (Wildman–Crippen LogP) is 1.79. The lowest BCUT2D eigenvalue weighted by atomic mass is 9.93. The molecule has 6 nitrogen and oxygen atoms in total. The van der Waals surface area contributed by atoms with Gasteiger partial charge in [0.2, 0.25) is 0 Å². The summed E-state index contributed by atoms with van der Waals surface area (Å²) in [5.41, 5.74) is 0.843. The van der Waals surface area contributed by atoms with E-state index in [-0.39, 0.29) is 10.6 Å². The Morgan fingerprint density at radius 2 is 2.30 bits per heavy atom. The molecule has 1 aromatic rings. The minimum Gasteiger partial charge on any atom is -0.497 e. The summed E-state index contributed by atoms with van der Waals surface area (Å²) in [6.07, 6.45) is 2.19. The first-order valence-corrected chi connectivity index (χ1v) is 7.00. The second-order valence-electron chi connectivity index (χ2n) is 5.46. The number of piperidine rings is 1. The van der Waals surface area contributed by atoms with Crippen LogP contribution in [0.5, 0.6) is 5.75 Å². The number of anilines is 1. The summed E-state index contributed by atoms with van der Waals surface area (Å²) in [5, 5.41) is 14.7. The zero-order valence-electron chi connectivity index (χ0n) is 11.5. The van der Waals surface area contributed by atoms with Crippen LogP contribution in [0.15, 0.2) is 18.2 Å². The number of nitrogens with zero attached hydrogens (tertiary/aromatic N) is 2. The molecule has 108 valence electrons. The van der Waals surface area contributed by atoms with Crippen molar-refractivity contribution in [2.24, 2.45) is 5.92 Å². The number of hydrogen-bond acceptors (Lipinski definition) is 5. The van der Waals surface area contributed by atoms with Gasteiger partial charge in [-0.25, -0.2) is 0 Å². The zero-order valence-corrected chi connectivity index (χ0v) is 11.5. The topological polar surface area (TPSA) is 67.6 Å². The lowest BCUT2D eigenvalue weighted by Gasteiger charge is -2.36. The van der Waals surface area contributed by atoms with Crippen LogP contribution in [0.2, 0.25) is 0 Å². The van der Waals surface area contributed by atoms with E-state index in [0.717, 1.165) is 32.5 Å². The van der Waals surface area contributed by atoms with Gasteiger partial charge in [-0.05, 0) is 31.4 Å². The Morgan fingerprint density at radius 1 is 1.45 bits per heavy atom. The molecule has 2 unspecified atom stereocenters. The molecule has 0 aliphatic carbocycles. The number of hydrogen-bond donors (Lipinski definition) is 1. The molecule has 0 radical (unpaired) electrons. The highest BCUT2D eigenvalue weighted by molar-refractivity contribution is 5.66. The van der Waals surface area contributed by atoms with E-state index in [1.54, 1.807) is 19.2 Å². The molecule has 6 heteroatoms. The quantitative estimate of drug-likeness (QED) is 0.674. The fraction of sp³-hybridized carbons (Fsp3) is 0.571. The molecule has 0 aromatic heterocycles. The van der Waals surface area contributed by atoms with Crippen LogP contribution in [0.3, 0.4) is 0 Å². The molecule has 2 aliphatic heterocycles. The average Bonchev–Trinajstić information content (AvgIpc) is 2.93. The highest BCUT2D eigenvalue weighted by Crippen LogP contribution is 2.36. The SMILES string of the molecule is COc1ccc([N+](=O)[O-])c(N2CCC3NCCC3C2)c1. The number of methoxy groups -OCH3 is 1. The number of nitro groups is 1. The molecule has 2 fully saturated rings. The smallest absolute Gasteiger partial charge is 0.292 e. The monoisotopic (exact) mass is 277 g/mol. The van der Waals surface area contributed by atoms with Crippen molar-refractivity contribution in [1.29, 1.82) is 0 Å². The van der Waals surface area contributed by atoms with Crippen molar-refractivity contribution >= 4 is 11.4 Å². The van der Waals surface area contributed by atoms with Crippen LogP contribution in [0.25, 0.3) is 0 Å². The summed E-state index contributed by atoms with van der Waals surface area (Å²) in [7, 11) is 1.58. The molecule has 0 amide bonds. The number of benzene rings is 1. The lowest BCUT2D eigenvalue weighted by Crippen LogP contribution is -2.44. The van der Waals surface area contributed by atoms with Gasteiger partial charge in [0.25, 0.3) is 5.69 Å². The third kappa shape index (κ3) is 2.31. The number of fused-ring (bicyclic) bond motifs is 1. The molecule has 20 heavy (non-hydrogen) atoms. The van der Waals surface area contributed by atoms with Gasteiger partial charge in [-0.3, -0.25) is 10.1 Å². The number of rotatable bonds is 3. The molecule has 0 saturated carbocycles. The van der Waals surface area contributed by atoms with Crippen LogP contribution in [0.4, 0.5) is 11.4 Å². The fourth-order valence-corrected chi connectivity index (χ4v) is 3.30. The Hall–Kier alpha value is -1.82. The summed E-state index contributed by atoms with van der Waals surface area (Å²) >= 11 is 0. The molecule has 0 bridgehead atoms. The highest BCUT2D eigenvalue weighted by atomic mass is 16.6. The van der Waals surface area contributed by atoms with Gasteiger partial charge in [0.15, 0.2) is 0 Å². The second kappa shape index (κ2) is 5.28. The van der Waals surface area contributed by atoms with Gasteiger partial charge >= 0.3 is 0 Å². The van der Waals surface area contributed by atoms with Crippen molar-refractivity contribution in [1.82, 2.24) is 5.32 Å². The van der Waals surface area contributed by atoms with Gasteiger partial charge in [-0.15, -0.1) is 0 Å². The number of ether oxygens (including phenoxy) is 1. The summed E-state index contributed by atoms with van der Waals surface area (Å²) in [6, 6.07) is 5.54. The summed E-state index contributed by atoms with van der Waals surface area (Å²) < 4.78 is 5.21. The van der Waals surface area contributed by atoms with Crippen LogP contribution in [-0.2, 0) is 0 Å². The molecular formula is C14H19N3O3. The van der Waals surface area contributed by atoms with Gasteiger partial charge in [-0.2, -0.15) is 0 Å². The van der Waals surface area contributed by atoms with Crippen molar-refractivity contribution in [3.05, 3.63) is 28.3 Å². The first-order chi connectivity index (χ1) is 9.69. The third-order valence-electron chi connectivity index (χ3n) is 4.38. The molecule has 2 saturated heterocycles. The minimum atomic E-state index is -0.312. The van der Waals surface area contributed by atoms with Crippen LogP contribution < -0.4 is 15.0 Å². The molecule has 1 N–H and O–H groups in total. The normalized spacial score (nSPS) is 25.4. The Labute approximate surface area is 117 Å². The van der Waals surface area contributed by atoms with E-state index in [2.05, 4.69) is 10.2 Å². The van der Waals surface area contributed by atoms with Gasteiger partial charge < -0.3 is 15.0 Å². The van der Waals surface area contributed by atoms with Crippen molar-refractivity contribution in [2.75, 3.05) is 31.6 Å². The summed E-state index contributed by atoms with van der Waals surface area (Å²) in [6.45, 7) is 2.79. The van der Waals surface area contributed by atoms with Crippen molar-refractivity contribution in [2.45, 2.75) is 18.9 Å². The highest BCUT2D eigenvalue weighted by Gasteiger charge is 2.34. The van der Waals surface area contributed by atoms with Gasteiger partial charge in [-0.1, -0.05) is 0 Å². The number of nitro benzene ring substituents is 1. The first kappa shape index (κ1) is 13.2. The maximum atomic E-state index is 11.2. The molecule has 2 atom stereocenters. The molecule has 0 spiro atoms. The van der Waals surface area contributed by atoms with Gasteiger partial charge in [0.1, 0.15) is 11.4 Å². The molecule has 3 rings (SSSR count). The predicted molar refractivity (Wildman–Crippen MR) is 76.4 cm³/mol. The van der Waals surface area contributed by atoms with E-state index in [9.17, 15) is 10.1 Å². The van der Waals surface area contributed by atoms with Gasteiger partial charge in [0, 0.05) is 31.3 Å². The van der Waals surface area contributed by atoms with E-state index in [1.807, 2.05) is 0 Å². The average molecular weight is 277 g/mol. The van der Waals surface area contributed by atoms with E-state index in [4.69, 9.17) is 4.74 Å². The van der Waals surface area contributed by atoms with E-state index in [1.165, 1.54) is 6.07 Å². The van der Waals surface area contributed by atoms with Crippen molar-refractivity contribution < 1.29 is 9.66 Å². The molecule has 2 heterocycles. The molecular weight excluding hydrogens is 258 g/mol. The summed E-state index contributed by atoms with van der Waals surface area (Å²) in [4.78, 5) is 13.0. The Balaban J connectivity index is 1.89. The first-order valence-electron chi connectivity index (χ1n) is 7.00. The molecule has 2 aliphatic rings. The van der Waals surface area contributed by atoms with Crippen LogP contribution in [0, 0.1) is 16.0 Å². The fourth-order valence-electron chi connectivity index (χ4n) is 3.30. The van der Waals surface area contributed by atoms with E-state index < -0.39 is 0 Å². The van der Waals surface area contributed by atoms with E-state index >= 15 is 0 Å². The van der Waals surface area contributed by atoms with Gasteiger partial charge in [0.05, 0.1) is 12.0 Å². The van der Waals surface area contributed by atoms with Crippen LogP contribution in [-0.4, -0.2) is 37.7 Å². The largest absolute Gasteiger partial charge is 0.497 e. The van der Waals surface area contributed by atoms with Crippen LogP contribution in [0.1, 0.15) is 12.8 Å². The minimum absolute atomic E-state index is 0.162. The maximum Gasteiger partial charge on any atom is 0.292 e. The van der Waals surface area contributed by atoms with Crippen molar-refractivity contribution in [3.63, 3.8) is 0 Å². The zero-order chi connectivity index (χ0) is 14.1. The standard InChI is InChI=1S/C14H19N3O3/c1-20-11-2-3-13(17(18)19)14(8-11)16-7-5-12-10(9-16)4-6-15-12/h2-3,8,10,12,15H,4-7,9H2,1H3. The Morgan fingerprint density at radius 3 is 3.05 bits per heavy atom. The maximum absolute atomic E-state index is 11.2.